The highest BCUT2D eigenvalue weighted by Gasteiger charge is 2.30. The number of benzene rings is 2. The number of hydrogen-bond acceptors (Lipinski definition) is 4. The van der Waals surface area contributed by atoms with Gasteiger partial charge in [0.05, 0.1) is 18.0 Å². The number of anilines is 1. The average molecular weight is 399 g/mol. The fraction of sp³-hybridized carbons (Fsp3) is 0.200. The number of esters is 1. The minimum atomic E-state index is -0.709. The molecule has 0 aliphatic rings. The summed E-state index contributed by atoms with van der Waals surface area (Å²) in [6.07, 6.45) is 2.01. The minimum Gasteiger partial charge on any atom is -0.464 e. The van der Waals surface area contributed by atoms with E-state index < -0.39 is 6.04 Å². The predicted octanol–water partition coefficient (Wildman–Crippen LogP) is 5.33. The second-order valence-corrected chi connectivity index (χ2v) is 7.34. The van der Waals surface area contributed by atoms with Crippen LogP contribution in [0.4, 0.5) is 5.69 Å². The van der Waals surface area contributed by atoms with Crippen LogP contribution in [0.15, 0.2) is 72.9 Å². The zero-order valence-corrected chi connectivity index (χ0v) is 17.4. The van der Waals surface area contributed by atoms with E-state index in [0.717, 1.165) is 39.4 Å². The van der Waals surface area contributed by atoms with Crippen LogP contribution >= 0.6 is 0 Å². The van der Waals surface area contributed by atoms with Crippen molar-refractivity contribution in [1.29, 1.82) is 0 Å². The standard InChI is InChI=1S/C25H25N3O2/c1-4-30-25(29)23(26-20-13-10-17(2)11-14-20)24-22(19-8-6-5-7-9-19)27-21-15-12-18(3)16-28(21)24/h5-16,23,26H,4H2,1-3H3. The Kier molecular flexibility index (Phi) is 5.53. The molecular formula is C25H25N3O2. The number of ether oxygens (including phenoxy) is 1. The van der Waals surface area contributed by atoms with E-state index in [9.17, 15) is 4.79 Å². The summed E-state index contributed by atoms with van der Waals surface area (Å²) in [7, 11) is 0. The Balaban J connectivity index is 1.91. The third kappa shape index (κ3) is 3.92. The monoisotopic (exact) mass is 399 g/mol. The Morgan fingerprint density at radius 3 is 2.40 bits per heavy atom. The second-order valence-electron chi connectivity index (χ2n) is 7.34. The van der Waals surface area contributed by atoms with Crippen molar-refractivity contribution in [2.45, 2.75) is 26.8 Å². The fourth-order valence-electron chi connectivity index (χ4n) is 3.53. The van der Waals surface area contributed by atoms with Crippen molar-refractivity contribution in [3.63, 3.8) is 0 Å². The quantitative estimate of drug-likeness (QED) is 0.445. The number of carbonyl (C=O) groups excluding carboxylic acids is 1. The first-order valence-corrected chi connectivity index (χ1v) is 10.1. The van der Waals surface area contributed by atoms with Crippen molar-refractivity contribution < 1.29 is 9.53 Å². The third-order valence-electron chi connectivity index (χ3n) is 5.01. The number of carbonyl (C=O) groups is 1. The summed E-state index contributed by atoms with van der Waals surface area (Å²) < 4.78 is 7.44. The lowest BCUT2D eigenvalue weighted by Gasteiger charge is -2.20. The molecule has 2 aromatic heterocycles. The van der Waals surface area contributed by atoms with E-state index in [1.165, 1.54) is 0 Å². The smallest absolute Gasteiger partial charge is 0.334 e. The van der Waals surface area contributed by atoms with Crippen LogP contribution in [0.1, 0.15) is 29.8 Å². The van der Waals surface area contributed by atoms with Crippen molar-refractivity contribution in [3.05, 3.63) is 89.7 Å². The number of imidazole rings is 1. The first-order valence-electron chi connectivity index (χ1n) is 10.1. The Bertz CT molecular complexity index is 1160. The Labute approximate surface area is 176 Å². The van der Waals surface area contributed by atoms with Crippen LogP contribution in [0.3, 0.4) is 0 Å². The van der Waals surface area contributed by atoms with Gasteiger partial charge in [0.15, 0.2) is 6.04 Å². The van der Waals surface area contributed by atoms with Crippen LogP contribution in [0.25, 0.3) is 16.9 Å². The second kappa shape index (κ2) is 8.41. The van der Waals surface area contributed by atoms with Crippen LogP contribution in [0, 0.1) is 13.8 Å². The van der Waals surface area contributed by atoms with E-state index >= 15 is 0 Å². The van der Waals surface area contributed by atoms with Crippen molar-refractivity contribution in [1.82, 2.24) is 9.38 Å². The zero-order valence-electron chi connectivity index (χ0n) is 17.4. The summed E-state index contributed by atoms with van der Waals surface area (Å²) in [5, 5.41) is 3.38. The van der Waals surface area contributed by atoms with Crippen LogP contribution in [0.2, 0.25) is 0 Å². The van der Waals surface area contributed by atoms with E-state index in [-0.39, 0.29) is 5.97 Å². The number of nitrogens with one attached hydrogen (secondary N) is 1. The highest BCUT2D eigenvalue weighted by Crippen LogP contribution is 2.32. The molecule has 4 aromatic rings. The van der Waals surface area contributed by atoms with Gasteiger partial charge >= 0.3 is 5.97 Å². The zero-order chi connectivity index (χ0) is 21.1. The summed E-state index contributed by atoms with van der Waals surface area (Å²) >= 11 is 0. The number of fused-ring (bicyclic) bond motifs is 1. The molecule has 0 radical (unpaired) electrons. The molecule has 0 aliphatic heterocycles. The Hall–Kier alpha value is -3.60. The third-order valence-corrected chi connectivity index (χ3v) is 5.01. The maximum atomic E-state index is 13.1. The molecule has 5 nitrogen and oxygen atoms in total. The highest BCUT2D eigenvalue weighted by molar-refractivity contribution is 5.84. The van der Waals surface area contributed by atoms with Crippen LogP contribution in [-0.4, -0.2) is 22.0 Å². The van der Waals surface area contributed by atoms with Gasteiger partial charge in [-0.3, -0.25) is 0 Å². The largest absolute Gasteiger partial charge is 0.464 e. The van der Waals surface area contributed by atoms with E-state index in [2.05, 4.69) is 5.32 Å². The van der Waals surface area contributed by atoms with Gasteiger partial charge in [-0.2, -0.15) is 0 Å². The van der Waals surface area contributed by atoms with Gasteiger partial charge in [-0.25, -0.2) is 9.78 Å². The summed E-state index contributed by atoms with van der Waals surface area (Å²) in [5.41, 5.74) is 6.35. The number of hydrogen-bond donors (Lipinski definition) is 1. The van der Waals surface area contributed by atoms with Crippen molar-refractivity contribution >= 4 is 17.3 Å². The molecule has 2 heterocycles. The number of nitrogens with zero attached hydrogens (tertiary/aromatic N) is 2. The Morgan fingerprint density at radius 1 is 1.00 bits per heavy atom. The van der Waals surface area contributed by atoms with Gasteiger partial charge in [0.25, 0.3) is 0 Å². The van der Waals surface area contributed by atoms with Gasteiger partial charge in [-0.15, -0.1) is 0 Å². The van der Waals surface area contributed by atoms with Gasteiger partial charge in [-0.1, -0.05) is 54.1 Å². The molecule has 0 fully saturated rings. The van der Waals surface area contributed by atoms with Crippen LogP contribution in [0.5, 0.6) is 0 Å². The molecule has 0 spiro atoms. The first kappa shape index (κ1) is 19.7. The molecule has 30 heavy (non-hydrogen) atoms. The molecular weight excluding hydrogens is 374 g/mol. The molecule has 152 valence electrons. The summed E-state index contributed by atoms with van der Waals surface area (Å²) in [6, 6.07) is 21.2. The molecule has 0 bridgehead atoms. The van der Waals surface area contributed by atoms with Crippen LogP contribution < -0.4 is 5.32 Å². The number of rotatable bonds is 6. The summed E-state index contributed by atoms with van der Waals surface area (Å²) in [6.45, 7) is 6.19. The lowest BCUT2D eigenvalue weighted by atomic mass is 10.0. The van der Waals surface area contributed by atoms with E-state index in [4.69, 9.17) is 9.72 Å². The molecule has 0 aliphatic carbocycles. The van der Waals surface area contributed by atoms with Gasteiger partial charge in [0.1, 0.15) is 5.65 Å². The molecule has 0 saturated heterocycles. The summed E-state index contributed by atoms with van der Waals surface area (Å²) in [4.78, 5) is 18.0. The Morgan fingerprint density at radius 2 is 1.70 bits per heavy atom. The number of aromatic nitrogens is 2. The van der Waals surface area contributed by atoms with Gasteiger partial charge in [-0.05, 0) is 44.5 Å². The van der Waals surface area contributed by atoms with E-state index in [1.54, 1.807) is 0 Å². The molecule has 1 N–H and O–H groups in total. The normalized spacial score (nSPS) is 12.0. The van der Waals surface area contributed by atoms with Gasteiger partial charge < -0.3 is 14.5 Å². The predicted molar refractivity (Wildman–Crippen MR) is 120 cm³/mol. The van der Waals surface area contributed by atoms with Crippen molar-refractivity contribution in [2.75, 3.05) is 11.9 Å². The first-order chi connectivity index (χ1) is 14.6. The SMILES string of the molecule is CCOC(=O)C(Nc1ccc(C)cc1)c1c(-c2ccccc2)nc2ccc(C)cn12. The molecule has 0 saturated carbocycles. The number of pyridine rings is 1. The van der Waals surface area contributed by atoms with Gasteiger partial charge in [0, 0.05) is 17.4 Å². The maximum absolute atomic E-state index is 13.1. The van der Waals surface area contributed by atoms with E-state index in [0.29, 0.717) is 6.61 Å². The minimum absolute atomic E-state index is 0.307. The molecule has 5 heteroatoms. The maximum Gasteiger partial charge on any atom is 0.334 e. The van der Waals surface area contributed by atoms with Crippen molar-refractivity contribution in [2.24, 2.45) is 0 Å². The molecule has 2 aromatic carbocycles. The molecule has 1 unspecified atom stereocenters. The van der Waals surface area contributed by atoms with Gasteiger partial charge in [0.2, 0.25) is 0 Å². The van der Waals surface area contributed by atoms with Crippen molar-refractivity contribution in [3.8, 4) is 11.3 Å². The topological polar surface area (TPSA) is 55.6 Å². The summed E-state index contributed by atoms with van der Waals surface area (Å²) in [5.74, 6) is -0.335. The molecule has 4 rings (SSSR count). The van der Waals surface area contributed by atoms with E-state index in [1.807, 2.05) is 98.1 Å². The molecule has 0 amide bonds. The van der Waals surface area contributed by atoms with Crippen LogP contribution in [-0.2, 0) is 9.53 Å². The lowest BCUT2D eigenvalue weighted by Crippen LogP contribution is -2.25. The number of aryl methyl sites for hydroxylation is 2. The average Bonchev–Trinajstić information content (AvgIpc) is 3.12. The highest BCUT2D eigenvalue weighted by atomic mass is 16.5. The lowest BCUT2D eigenvalue weighted by molar-refractivity contribution is -0.144. The molecule has 1 atom stereocenters. The fourth-order valence-corrected chi connectivity index (χ4v) is 3.53.